The number of ether oxygens (including phenoxy) is 3. The van der Waals surface area contributed by atoms with Gasteiger partial charge in [0.15, 0.2) is 10.1 Å². The normalized spacial score (nSPS) is 22.0. The van der Waals surface area contributed by atoms with Crippen molar-refractivity contribution in [3.05, 3.63) is 98.4 Å². The molecule has 1 fully saturated rings. The predicted octanol–water partition coefficient (Wildman–Crippen LogP) is 6.37. The van der Waals surface area contributed by atoms with Crippen molar-refractivity contribution >= 4 is 33.6 Å². The molecular formula is C33H35N3O4S2. The zero-order valence-electron chi connectivity index (χ0n) is 24.0. The number of nitrogens with zero attached hydrogens (tertiary/aromatic N) is 2. The minimum absolute atomic E-state index is 0.0909. The lowest BCUT2D eigenvalue weighted by atomic mass is 9.81. The van der Waals surface area contributed by atoms with Crippen LogP contribution in [0, 0.1) is 31.1 Å². The Morgan fingerprint density at radius 2 is 1.69 bits per heavy atom. The molecule has 9 heteroatoms. The van der Waals surface area contributed by atoms with Gasteiger partial charge < -0.3 is 19.5 Å². The Bertz CT molecular complexity index is 1500. The number of benzene rings is 2. The van der Waals surface area contributed by atoms with Crippen molar-refractivity contribution in [3.8, 4) is 12.3 Å². The van der Waals surface area contributed by atoms with Gasteiger partial charge in [0.05, 0.1) is 53.7 Å². The van der Waals surface area contributed by atoms with E-state index in [0.717, 1.165) is 11.1 Å². The fourth-order valence-electron chi connectivity index (χ4n) is 5.09. The third kappa shape index (κ3) is 7.33. The molecule has 42 heavy (non-hydrogen) atoms. The van der Waals surface area contributed by atoms with Crippen LogP contribution in [-0.2, 0) is 27.4 Å². The summed E-state index contributed by atoms with van der Waals surface area (Å²) in [5.74, 6) is 2.84. The summed E-state index contributed by atoms with van der Waals surface area (Å²) in [6.07, 6.45) is 6.62. The molecule has 2 aromatic heterocycles. The average molecular weight is 602 g/mol. The van der Waals surface area contributed by atoms with Crippen molar-refractivity contribution in [2.24, 2.45) is 11.8 Å². The number of rotatable bonds is 12. The zero-order chi connectivity index (χ0) is 29.5. The molecule has 0 saturated carbocycles. The van der Waals surface area contributed by atoms with E-state index >= 15 is 0 Å². The van der Waals surface area contributed by atoms with Crippen LogP contribution in [0.25, 0.3) is 0 Å². The van der Waals surface area contributed by atoms with Crippen molar-refractivity contribution in [3.63, 3.8) is 0 Å². The van der Waals surface area contributed by atoms with E-state index < -0.39 is 0 Å². The first-order valence-corrected chi connectivity index (χ1v) is 15.7. The molecule has 5 rings (SSSR count). The standard InChI is InChI=1S/C33H35N3O4S2/c1-5-29-36-23(4)32(42-29)30(37)28-17-35-33(41-28)34-16-26-21(2)22(3)31(39-19-25-14-10-7-11-15-25)27(40-26)20-38-18-24-12-8-6-9-13-24/h1,6-15,17,21-22,26-27,31H,16,18-20H2,2-4H3,(H,34,35)/t21-,22+,26+,27+,31-/m0/s1. The van der Waals surface area contributed by atoms with Crippen molar-refractivity contribution in [2.45, 2.75) is 52.3 Å². The van der Waals surface area contributed by atoms with Crippen LogP contribution < -0.4 is 5.32 Å². The Hall–Kier alpha value is -3.39. The highest BCUT2D eigenvalue weighted by Gasteiger charge is 2.42. The first-order valence-electron chi connectivity index (χ1n) is 14.0. The number of anilines is 1. The molecule has 0 amide bonds. The van der Waals surface area contributed by atoms with Crippen molar-refractivity contribution in [1.29, 1.82) is 0 Å². The van der Waals surface area contributed by atoms with Gasteiger partial charge in [-0.2, -0.15) is 0 Å². The van der Waals surface area contributed by atoms with Gasteiger partial charge in [-0.05, 0) is 35.8 Å². The van der Waals surface area contributed by atoms with Crippen LogP contribution in [0.4, 0.5) is 5.13 Å². The summed E-state index contributed by atoms with van der Waals surface area (Å²) in [7, 11) is 0. The van der Waals surface area contributed by atoms with Crippen LogP contribution in [0.5, 0.6) is 0 Å². The van der Waals surface area contributed by atoms with Gasteiger partial charge in [-0.3, -0.25) is 4.79 Å². The number of terminal acetylenes is 1. The Morgan fingerprint density at radius 1 is 1.00 bits per heavy atom. The van der Waals surface area contributed by atoms with Crippen LogP contribution in [0.3, 0.4) is 0 Å². The molecule has 7 nitrogen and oxygen atoms in total. The van der Waals surface area contributed by atoms with E-state index in [4.69, 9.17) is 20.6 Å². The van der Waals surface area contributed by atoms with Crippen LogP contribution >= 0.6 is 22.7 Å². The number of ketones is 1. The largest absolute Gasteiger partial charge is 0.374 e. The molecule has 4 aromatic rings. The summed E-state index contributed by atoms with van der Waals surface area (Å²) in [5.41, 5.74) is 2.89. The summed E-state index contributed by atoms with van der Waals surface area (Å²) in [5, 5.41) is 4.57. The first-order chi connectivity index (χ1) is 20.4. The second-order valence-electron chi connectivity index (χ2n) is 10.5. The van der Waals surface area contributed by atoms with Gasteiger partial charge in [0.2, 0.25) is 5.78 Å². The van der Waals surface area contributed by atoms with E-state index in [-0.39, 0.29) is 35.9 Å². The van der Waals surface area contributed by atoms with Gasteiger partial charge in [0.1, 0.15) is 6.10 Å². The second kappa shape index (κ2) is 14.2. The number of hydrogen-bond acceptors (Lipinski definition) is 9. The fourth-order valence-corrected chi connectivity index (χ4v) is 6.76. The molecule has 5 atom stereocenters. The molecule has 0 spiro atoms. The lowest BCUT2D eigenvalue weighted by Crippen LogP contribution is -2.53. The van der Waals surface area contributed by atoms with Gasteiger partial charge in [-0.15, -0.1) is 17.8 Å². The third-order valence-corrected chi connectivity index (χ3v) is 9.68. The van der Waals surface area contributed by atoms with Gasteiger partial charge in [0.25, 0.3) is 0 Å². The molecule has 0 unspecified atom stereocenters. The second-order valence-corrected chi connectivity index (χ2v) is 12.5. The summed E-state index contributed by atoms with van der Waals surface area (Å²) < 4.78 is 19.3. The number of carbonyl (C=O) groups is 1. The smallest absolute Gasteiger partial charge is 0.216 e. The maximum atomic E-state index is 13.0. The minimum atomic E-state index is -0.233. The third-order valence-electron chi connectivity index (χ3n) is 7.64. The van der Waals surface area contributed by atoms with E-state index in [1.165, 1.54) is 22.7 Å². The summed E-state index contributed by atoms with van der Waals surface area (Å²) in [6, 6.07) is 20.3. The summed E-state index contributed by atoms with van der Waals surface area (Å²) in [6.45, 7) is 8.22. The quantitative estimate of drug-likeness (QED) is 0.149. The van der Waals surface area contributed by atoms with Gasteiger partial charge in [0, 0.05) is 6.54 Å². The maximum absolute atomic E-state index is 13.0. The topological polar surface area (TPSA) is 82.6 Å². The number of nitrogens with one attached hydrogen (secondary N) is 1. The van der Waals surface area contributed by atoms with E-state index in [1.54, 1.807) is 13.1 Å². The molecule has 218 valence electrons. The number of hydrogen-bond donors (Lipinski definition) is 1. The molecule has 3 heterocycles. The minimum Gasteiger partial charge on any atom is -0.374 e. The predicted molar refractivity (Wildman–Crippen MR) is 167 cm³/mol. The van der Waals surface area contributed by atoms with E-state index in [1.807, 2.05) is 36.4 Å². The molecule has 0 radical (unpaired) electrons. The van der Waals surface area contributed by atoms with Crippen LogP contribution in [0.1, 0.15) is 50.2 Å². The molecular weight excluding hydrogens is 567 g/mol. The summed E-state index contributed by atoms with van der Waals surface area (Å²) >= 11 is 2.56. The highest BCUT2D eigenvalue weighted by molar-refractivity contribution is 7.19. The average Bonchev–Trinajstić information content (AvgIpc) is 3.65. The van der Waals surface area contributed by atoms with Crippen molar-refractivity contribution < 1.29 is 19.0 Å². The molecule has 1 aliphatic rings. The van der Waals surface area contributed by atoms with E-state index in [9.17, 15) is 4.79 Å². The lowest BCUT2D eigenvalue weighted by molar-refractivity contribution is -0.203. The van der Waals surface area contributed by atoms with Crippen molar-refractivity contribution in [2.75, 3.05) is 18.5 Å². The Morgan fingerprint density at radius 3 is 2.36 bits per heavy atom. The molecule has 0 aliphatic carbocycles. The summed E-state index contributed by atoms with van der Waals surface area (Å²) in [4.78, 5) is 22.9. The highest BCUT2D eigenvalue weighted by Crippen LogP contribution is 2.34. The Balaban J connectivity index is 1.23. The number of aryl methyl sites for hydroxylation is 1. The monoisotopic (exact) mass is 601 g/mol. The highest BCUT2D eigenvalue weighted by atomic mass is 32.1. The first kappa shape index (κ1) is 30.1. The zero-order valence-corrected chi connectivity index (χ0v) is 25.6. The molecule has 2 aromatic carbocycles. The number of aromatic nitrogens is 2. The SMILES string of the molecule is C#Cc1nc(C)c(C(=O)c2cnc(NC[C@H]3O[C@H](COCc4ccccc4)[C@@H](OCc4ccccc4)[C@H](C)[C@@H]3C)s2)s1. The maximum Gasteiger partial charge on any atom is 0.216 e. The fraction of sp³-hybridized carbons (Fsp3) is 0.364. The van der Waals surface area contributed by atoms with Gasteiger partial charge in [-0.1, -0.05) is 85.8 Å². The Kier molecular flexibility index (Phi) is 10.2. The van der Waals surface area contributed by atoms with Gasteiger partial charge >= 0.3 is 0 Å². The molecule has 1 N–H and O–H groups in total. The van der Waals surface area contributed by atoms with E-state index in [0.29, 0.717) is 52.0 Å². The van der Waals surface area contributed by atoms with Crippen molar-refractivity contribution in [1.82, 2.24) is 9.97 Å². The molecule has 1 saturated heterocycles. The lowest BCUT2D eigenvalue weighted by Gasteiger charge is -2.44. The van der Waals surface area contributed by atoms with E-state index in [2.05, 4.69) is 59.3 Å². The number of carbonyl (C=O) groups excluding carboxylic acids is 1. The van der Waals surface area contributed by atoms with Crippen LogP contribution in [0.2, 0.25) is 0 Å². The Labute approximate surface area is 255 Å². The van der Waals surface area contributed by atoms with Crippen LogP contribution in [-0.4, -0.2) is 47.2 Å². The van der Waals surface area contributed by atoms with Crippen LogP contribution in [0.15, 0.2) is 66.9 Å². The van der Waals surface area contributed by atoms with Gasteiger partial charge in [-0.25, -0.2) is 9.97 Å². The molecule has 0 bridgehead atoms. The molecule has 1 aliphatic heterocycles. The number of thiazole rings is 2.